The van der Waals surface area contributed by atoms with E-state index >= 15 is 0 Å². The third-order valence-corrected chi connectivity index (χ3v) is 2.61. The van der Waals surface area contributed by atoms with Gasteiger partial charge >= 0.3 is 5.97 Å². The molecular formula is C12H11NO4. The van der Waals surface area contributed by atoms with Crippen LogP contribution < -0.4 is 4.74 Å². The lowest BCUT2D eigenvalue weighted by Gasteiger charge is -2.00. The van der Waals surface area contributed by atoms with Crippen molar-refractivity contribution in [1.29, 1.82) is 0 Å². The molecule has 0 fully saturated rings. The highest BCUT2D eigenvalue weighted by Gasteiger charge is 2.22. The van der Waals surface area contributed by atoms with Crippen molar-refractivity contribution in [3.05, 3.63) is 29.5 Å². The molecule has 0 aliphatic heterocycles. The molecule has 88 valence electrons. The van der Waals surface area contributed by atoms with Gasteiger partial charge in [0.15, 0.2) is 0 Å². The van der Waals surface area contributed by atoms with Gasteiger partial charge in [0.1, 0.15) is 5.75 Å². The third-order valence-electron chi connectivity index (χ3n) is 2.61. The van der Waals surface area contributed by atoms with E-state index in [4.69, 9.17) is 9.84 Å². The topological polar surface area (TPSA) is 79.4 Å². The Labute approximate surface area is 97.0 Å². The molecule has 0 spiro atoms. The summed E-state index contributed by atoms with van der Waals surface area (Å²) in [4.78, 5) is 25.3. The Hall–Kier alpha value is -2.30. The molecule has 0 aliphatic rings. The van der Waals surface area contributed by atoms with Crippen LogP contribution >= 0.6 is 0 Å². The van der Waals surface area contributed by atoms with Crippen LogP contribution in [0.15, 0.2) is 18.2 Å². The van der Waals surface area contributed by atoms with Gasteiger partial charge in [-0.2, -0.15) is 0 Å². The number of aliphatic carboxylic acids is 1. The minimum Gasteiger partial charge on any atom is -0.497 e. The number of ketones is 1. The van der Waals surface area contributed by atoms with Gasteiger partial charge in [-0.1, -0.05) is 0 Å². The van der Waals surface area contributed by atoms with Crippen LogP contribution in [0.25, 0.3) is 10.9 Å². The zero-order chi connectivity index (χ0) is 12.6. The molecule has 0 amide bonds. The van der Waals surface area contributed by atoms with Gasteiger partial charge in [-0.05, 0) is 25.1 Å². The molecule has 1 aromatic heterocycles. The molecule has 2 aromatic rings. The summed E-state index contributed by atoms with van der Waals surface area (Å²) in [6, 6.07) is 5.14. The van der Waals surface area contributed by atoms with Crippen LogP contribution in [-0.4, -0.2) is 29.0 Å². The number of aromatic nitrogens is 1. The molecule has 0 bridgehead atoms. The first kappa shape index (κ1) is 11.2. The second-order valence-corrected chi connectivity index (χ2v) is 3.67. The van der Waals surface area contributed by atoms with Crippen LogP contribution in [0, 0.1) is 6.92 Å². The number of nitrogens with one attached hydrogen (secondary N) is 1. The lowest BCUT2D eigenvalue weighted by molar-refractivity contribution is -0.131. The number of carboxylic acids is 1. The molecule has 2 N–H and O–H groups in total. The summed E-state index contributed by atoms with van der Waals surface area (Å²) in [5, 5.41) is 9.33. The van der Waals surface area contributed by atoms with Crippen molar-refractivity contribution < 1.29 is 19.4 Å². The van der Waals surface area contributed by atoms with Gasteiger partial charge in [0.25, 0.3) is 5.78 Å². The summed E-state index contributed by atoms with van der Waals surface area (Å²) < 4.78 is 5.05. The number of ether oxygens (including phenoxy) is 1. The van der Waals surface area contributed by atoms with Crippen molar-refractivity contribution in [2.45, 2.75) is 6.92 Å². The quantitative estimate of drug-likeness (QED) is 0.625. The van der Waals surface area contributed by atoms with Crippen LogP contribution in [0.4, 0.5) is 0 Å². The number of methoxy groups -OCH3 is 1. The van der Waals surface area contributed by atoms with Crippen LogP contribution in [0.2, 0.25) is 0 Å². The molecule has 5 heteroatoms. The predicted octanol–water partition coefficient (Wildman–Crippen LogP) is 1.75. The Bertz CT molecular complexity index is 612. The molecular weight excluding hydrogens is 222 g/mol. The minimum atomic E-state index is -1.46. The number of H-pyrrole nitrogens is 1. The van der Waals surface area contributed by atoms with E-state index in [1.54, 1.807) is 25.1 Å². The fourth-order valence-electron chi connectivity index (χ4n) is 1.83. The first-order valence-corrected chi connectivity index (χ1v) is 4.98. The van der Waals surface area contributed by atoms with E-state index in [-0.39, 0.29) is 5.56 Å². The molecule has 0 saturated carbocycles. The van der Waals surface area contributed by atoms with Gasteiger partial charge in [0, 0.05) is 16.6 Å². The Morgan fingerprint density at radius 3 is 2.65 bits per heavy atom. The molecule has 0 unspecified atom stereocenters. The predicted molar refractivity (Wildman–Crippen MR) is 61.6 cm³/mol. The highest BCUT2D eigenvalue weighted by molar-refractivity contribution is 6.42. The van der Waals surface area contributed by atoms with Gasteiger partial charge in [-0.3, -0.25) is 4.79 Å². The maximum atomic E-state index is 11.6. The first-order chi connectivity index (χ1) is 8.04. The number of aromatic amines is 1. The number of benzene rings is 1. The Kier molecular flexibility index (Phi) is 2.59. The standard InChI is InChI=1S/C12H11NO4/c1-6-10(11(14)12(15)16)8-5-7(17-2)3-4-9(8)13-6/h3-5,13H,1-2H3,(H,15,16). The zero-order valence-electron chi connectivity index (χ0n) is 9.40. The van der Waals surface area contributed by atoms with Gasteiger partial charge in [-0.25, -0.2) is 4.79 Å². The molecule has 17 heavy (non-hydrogen) atoms. The second kappa shape index (κ2) is 3.93. The molecule has 0 atom stereocenters. The maximum Gasteiger partial charge on any atom is 0.377 e. The number of carbonyl (C=O) groups excluding carboxylic acids is 1. The van der Waals surface area contributed by atoms with Crippen LogP contribution in [0.3, 0.4) is 0 Å². The number of hydrogen-bond acceptors (Lipinski definition) is 3. The van der Waals surface area contributed by atoms with E-state index in [1.165, 1.54) is 7.11 Å². The van der Waals surface area contributed by atoms with E-state index in [2.05, 4.69) is 4.98 Å². The normalized spacial score (nSPS) is 10.5. The summed E-state index contributed by atoms with van der Waals surface area (Å²) >= 11 is 0. The minimum absolute atomic E-state index is 0.186. The molecule has 0 radical (unpaired) electrons. The summed E-state index contributed by atoms with van der Waals surface area (Å²) in [5.41, 5.74) is 1.44. The van der Waals surface area contributed by atoms with E-state index < -0.39 is 11.8 Å². The van der Waals surface area contributed by atoms with E-state index in [0.717, 1.165) is 0 Å². The number of carbonyl (C=O) groups is 2. The Morgan fingerprint density at radius 1 is 1.35 bits per heavy atom. The highest BCUT2D eigenvalue weighted by Crippen LogP contribution is 2.26. The fourth-order valence-corrected chi connectivity index (χ4v) is 1.83. The summed E-state index contributed by atoms with van der Waals surface area (Å²) in [5.74, 6) is -1.80. The SMILES string of the molecule is COc1ccc2[nH]c(C)c(C(=O)C(=O)O)c2c1. The van der Waals surface area contributed by atoms with Crippen LogP contribution in [0.5, 0.6) is 5.75 Å². The van der Waals surface area contributed by atoms with E-state index in [1.807, 2.05) is 0 Å². The van der Waals surface area contributed by atoms with Gasteiger partial charge < -0.3 is 14.8 Å². The highest BCUT2D eigenvalue weighted by atomic mass is 16.5. The monoisotopic (exact) mass is 233 g/mol. The van der Waals surface area contributed by atoms with Crippen molar-refractivity contribution in [3.8, 4) is 5.75 Å². The van der Waals surface area contributed by atoms with Crippen molar-refractivity contribution in [2.24, 2.45) is 0 Å². The van der Waals surface area contributed by atoms with Crippen molar-refractivity contribution in [3.63, 3.8) is 0 Å². The number of hydrogen-bond donors (Lipinski definition) is 2. The van der Waals surface area contributed by atoms with Crippen molar-refractivity contribution in [2.75, 3.05) is 7.11 Å². The van der Waals surface area contributed by atoms with Gasteiger partial charge in [-0.15, -0.1) is 0 Å². The van der Waals surface area contributed by atoms with Gasteiger partial charge in [0.05, 0.1) is 12.7 Å². The molecule has 0 aliphatic carbocycles. The lowest BCUT2D eigenvalue weighted by atomic mass is 10.1. The van der Waals surface area contributed by atoms with E-state index in [9.17, 15) is 9.59 Å². The number of carboxylic acid groups (broad SMARTS) is 1. The average molecular weight is 233 g/mol. The van der Waals surface area contributed by atoms with Crippen LogP contribution in [0.1, 0.15) is 16.1 Å². The lowest BCUT2D eigenvalue weighted by Crippen LogP contribution is -2.13. The largest absolute Gasteiger partial charge is 0.497 e. The van der Waals surface area contributed by atoms with E-state index in [0.29, 0.717) is 22.3 Å². The van der Waals surface area contributed by atoms with Crippen LogP contribution in [-0.2, 0) is 4.79 Å². The van der Waals surface area contributed by atoms with Gasteiger partial charge in [0.2, 0.25) is 0 Å². The fraction of sp³-hybridized carbons (Fsp3) is 0.167. The summed E-state index contributed by atoms with van der Waals surface area (Å²) in [6.45, 7) is 1.67. The zero-order valence-corrected chi connectivity index (χ0v) is 9.40. The third kappa shape index (κ3) is 1.75. The maximum absolute atomic E-state index is 11.6. The van der Waals surface area contributed by atoms with Crippen molar-refractivity contribution >= 4 is 22.7 Å². The summed E-state index contributed by atoms with van der Waals surface area (Å²) in [7, 11) is 1.51. The number of rotatable bonds is 3. The molecule has 5 nitrogen and oxygen atoms in total. The number of aryl methyl sites for hydroxylation is 1. The Balaban J connectivity index is 2.72. The average Bonchev–Trinajstić information content (AvgIpc) is 2.62. The molecule has 1 aromatic carbocycles. The second-order valence-electron chi connectivity index (χ2n) is 3.67. The molecule has 2 rings (SSSR count). The van der Waals surface area contributed by atoms with Crippen molar-refractivity contribution in [1.82, 2.24) is 4.98 Å². The first-order valence-electron chi connectivity index (χ1n) is 4.98. The molecule has 0 saturated heterocycles. The summed E-state index contributed by atoms with van der Waals surface area (Å²) in [6.07, 6.45) is 0. The number of fused-ring (bicyclic) bond motifs is 1. The smallest absolute Gasteiger partial charge is 0.377 e. The molecule has 1 heterocycles. The number of Topliss-reactive ketones (excluding diaryl/α,β-unsaturated/α-hetero) is 1. The Morgan fingerprint density at radius 2 is 2.06 bits per heavy atom.